The average molecular weight is 265 g/mol. The minimum atomic E-state index is -0.985. The second-order valence-corrected chi connectivity index (χ2v) is 4.77. The van der Waals surface area contributed by atoms with Gasteiger partial charge in [-0.25, -0.2) is 9.48 Å². The number of halogens is 1. The van der Waals surface area contributed by atoms with Gasteiger partial charge in [0.2, 0.25) is 0 Å². The summed E-state index contributed by atoms with van der Waals surface area (Å²) in [5.74, 6) is -0.711. The Morgan fingerprint density at radius 1 is 1.44 bits per heavy atom. The average Bonchev–Trinajstić information content (AvgIpc) is 2.78. The molecule has 1 heterocycles. The smallest absolute Gasteiger partial charge is 0.338 e. The molecule has 0 aliphatic carbocycles. The number of aromatic nitrogens is 2. The minimum Gasteiger partial charge on any atom is -0.478 e. The zero-order chi connectivity index (χ0) is 13.3. The van der Waals surface area contributed by atoms with E-state index in [0.29, 0.717) is 5.02 Å². The number of benzene rings is 1. The number of carbonyl (C=O) groups is 1. The number of aromatic carboxylic acids is 1. The molecule has 94 valence electrons. The largest absolute Gasteiger partial charge is 0.478 e. The zero-order valence-corrected chi connectivity index (χ0v) is 10.8. The Balaban J connectivity index is 2.52. The summed E-state index contributed by atoms with van der Waals surface area (Å²) < 4.78 is 1.56. The Bertz CT molecular complexity index is 590. The molecule has 0 unspecified atom stereocenters. The first kappa shape index (κ1) is 12.6. The lowest BCUT2D eigenvalue weighted by molar-refractivity contribution is 0.0697. The van der Waals surface area contributed by atoms with Crippen LogP contribution in [-0.2, 0) is 0 Å². The number of hydrogen-bond acceptors (Lipinski definition) is 2. The van der Waals surface area contributed by atoms with E-state index in [1.807, 2.05) is 12.1 Å². The van der Waals surface area contributed by atoms with Gasteiger partial charge in [0.15, 0.2) is 0 Å². The van der Waals surface area contributed by atoms with Crippen LogP contribution in [0.3, 0.4) is 0 Å². The molecule has 2 aromatic rings. The van der Waals surface area contributed by atoms with Gasteiger partial charge in [-0.05, 0) is 29.7 Å². The predicted octanol–water partition coefficient (Wildman–Crippen LogP) is 3.35. The number of carboxylic acid groups (broad SMARTS) is 1. The Kier molecular flexibility index (Phi) is 3.39. The normalized spacial score (nSPS) is 10.9. The fourth-order valence-electron chi connectivity index (χ4n) is 1.76. The molecule has 1 aromatic carbocycles. The molecule has 5 heteroatoms. The van der Waals surface area contributed by atoms with Gasteiger partial charge < -0.3 is 5.11 Å². The fraction of sp³-hybridized carbons (Fsp3) is 0.231. The van der Waals surface area contributed by atoms with Gasteiger partial charge in [0.05, 0.1) is 17.4 Å². The van der Waals surface area contributed by atoms with Crippen molar-refractivity contribution in [3.63, 3.8) is 0 Å². The van der Waals surface area contributed by atoms with E-state index in [0.717, 1.165) is 11.3 Å². The summed E-state index contributed by atoms with van der Waals surface area (Å²) in [7, 11) is 0. The molecule has 0 saturated heterocycles. The lowest BCUT2D eigenvalue weighted by Gasteiger charge is -2.13. The summed E-state index contributed by atoms with van der Waals surface area (Å²) >= 11 is 5.98. The van der Waals surface area contributed by atoms with Crippen molar-refractivity contribution in [2.75, 3.05) is 0 Å². The van der Waals surface area contributed by atoms with Gasteiger partial charge in [-0.3, -0.25) is 0 Å². The molecule has 0 bridgehead atoms. The molecule has 2 rings (SSSR count). The highest BCUT2D eigenvalue weighted by Gasteiger charge is 2.12. The van der Waals surface area contributed by atoms with Gasteiger partial charge in [-0.2, -0.15) is 5.10 Å². The van der Waals surface area contributed by atoms with Crippen LogP contribution in [0, 0.1) is 0 Å². The number of nitrogens with zero attached hydrogens (tertiary/aromatic N) is 2. The van der Waals surface area contributed by atoms with Crippen molar-refractivity contribution in [3.8, 4) is 5.69 Å². The van der Waals surface area contributed by atoms with E-state index in [1.165, 1.54) is 12.4 Å². The predicted molar refractivity (Wildman–Crippen MR) is 69.6 cm³/mol. The highest BCUT2D eigenvalue weighted by atomic mass is 35.5. The lowest BCUT2D eigenvalue weighted by Crippen LogP contribution is -2.02. The fourth-order valence-corrected chi connectivity index (χ4v) is 1.94. The van der Waals surface area contributed by atoms with E-state index < -0.39 is 5.97 Å². The van der Waals surface area contributed by atoms with Gasteiger partial charge in [-0.15, -0.1) is 0 Å². The van der Waals surface area contributed by atoms with E-state index in [2.05, 4.69) is 18.9 Å². The first-order chi connectivity index (χ1) is 8.49. The molecule has 0 atom stereocenters. The van der Waals surface area contributed by atoms with E-state index in [1.54, 1.807) is 10.7 Å². The number of rotatable bonds is 3. The third-order valence-corrected chi connectivity index (χ3v) is 2.92. The first-order valence-corrected chi connectivity index (χ1v) is 5.94. The van der Waals surface area contributed by atoms with Gasteiger partial charge in [0.1, 0.15) is 0 Å². The molecule has 0 spiro atoms. The SMILES string of the molecule is CC(C)c1cc(Cl)ccc1-n1cc(C(=O)O)cn1. The van der Waals surface area contributed by atoms with Crippen LogP contribution in [0.2, 0.25) is 5.02 Å². The highest BCUT2D eigenvalue weighted by Crippen LogP contribution is 2.26. The van der Waals surface area contributed by atoms with Gasteiger partial charge in [0.25, 0.3) is 0 Å². The second kappa shape index (κ2) is 4.82. The molecule has 0 radical (unpaired) electrons. The monoisotopic (exact) mass is 264 g/mol. The second-order valence-electron chi connectivity index (χ2n) is 4.34. The Morgan fingerprint density at radius 2 is 2.17 bits per heavy atom. The van der Waals surface area contributed by atoms with Crippen molar-refractivity contribution in [2.24, 2.45) is 0 Å². The maximum atomic E-state index is 10.8. The molecule has 4 nitrogen and oxygen atoms in total. The molecule has 18 heavy (non-hydrogen) atoms. The quantitative estimate of drug-likeness (QED) is 0.925. The van der Waals surface area contributed by atoms with Gasteiger partial charge in [-0.1, -0.05) is 25.4 Å². The zero-order valence-electron chi connectivity index (χ0n) is 10.1. The summed E-state index contributed by atoms with van der Waals surface area (Å²) in [6, 6.07) is 5.49. The van der Waals surface area contributed by atoms with E-state index in [4.69, 9.17) is 16.7 Å². The molecular weight excluding hydrogens is 252 g/mol. The topological polar surface area (TPSA) is 55.1 Å². The summed E-state index contributed by atoms with van der Waals surface area (Å²) in [5.41, 5.74) is 2.05. The molecule has 0 aliphatic heterocycles. The minimum absolute atomic E-state index is 0.166. The molecule has 1 N–H and O–H groups in total. The van der Waals surface area contributed by atoms with E-state index in [9.17, 15) is 4.79 Å². The number of hydrogen-bond donors (Lipinski definition) is 1. The van der Waals surface area contributed by atoms with Crippen molar-refractivity contribution >= 4 is 17.6 Å². The standard InChI is InChI=1S/C13H13ClN2O2/c1-8(2)11-5-10(14)3-4-12(11)16-7-9(6-15-16)13(17)18/h3-8H,1-2H3,(H,17,18). The molecule has 0 amide bonds. The van der Waals surface area contributed by atoms with E-state index >= 15 is 0 Å². The van der Waals surface area contributed by atoms with Gasteiger partial charge >= 0.3 is 5.97 Å². The van der Waals surface area contributed by atoms with Crippen LogP contribution in [-0.4, -0.2) is 20.9 Å². The molecular formula is C13H13ClN2O2. The van der Waals surface area contributed by atoms with Crippen molar-refractivity contribution in [1.82, 2.24) is 9.78 Å². The maximum Gasteiger partial charge on any atom is 0.338 e. The van der Waals surface area contributed by atoms with Crippen LogP contribution in [0.1, 0.15) is 35.7 Å². The van der Waals surface area contributed by atoms with Gasteiger partial charge in [0, 0.05) is 11.2 Å². The van der Waals surface area contributed by atoms with Crippen LogP contribution in [0.5, 0.6) is 0 Å². The van der Waals surface area contributed by atoms with Crippen LogP contribution in [0.15, 0.2) is 30.6 Å². The van der Waals surface area contributed by atoms with E-state index in [-0.39, 0.29) is 11.5 Å². The van der Waals surface area contributed by atoms with Crippen molar-refractivity contribution < 1.29 is 9.90 Å². The van der Waals surface area contributed by atoms with Crippen LogP contribution in [0.25, 0.3) is 5.69 Å². The Hall–Kier alpha value is -1.81. The van der Waals surface area contributed by atoms with Crippen LogP contribution < -0.4 is 0 Å². The number of carboxylic acids is 1. The lowest BCUT2D eigenvalue weighted by atomic mass is 10.0. The summed E-state index contributed by atoms with van der Waals surface area (Å²) in [5, 5.41) is 13.6. The summed E-state index contributed by atoms with van der Waals surface area (Å²) in [6.07, 6.45) is 2.83. The molecule has 1 aromatic heterocycles. The third kappa shape index (κ3) is 2.38. The Morgan fingerprint density at radius 3 is 2.72 bits per heavy atom. The summed E-state index contributed by atoms with van der Waals surface area (Å²) in [4.78, 5) is 10.8. The summed E-state index contributed by atoms with van der Waals surface area (Å²) in [6.45, 7) is 4.10. The molecule has 0 saturated carbocycles. The highest BCUT2D eigenvalue weighted by molar-refractivity contribution is 6.30. The van der Waals surface area contributed by atoms with Crippen molar-refractivity contribution in [3.05, 3.63) is 46.7 Å². The van der Waals surface area contributed by atoms with Crippen molar-refractivity contribution in [1.29, 1.82) is 0 Å². The van der Waals surface area contributed by atoms with Crippen LogP contribution >= 0.6 is 11.6 Å². The first-order valence-electron chi connectivity index (χ1n) is 5.57. The third-order valence-electron chi connectivity index (χ3n) is 2.69. The Labute approximate surface area is 110 Å². The molecule has 0 aliphatic rings. The van der Waals surface area contributed by atoms with Crippen LogP contribution in [0.4, 0.5) is 0 Å². The molecule has 0 fully saturated rings. The van der Waals surface area contributed by atoms with Crippen molar-refractivity contribution in [2.45, 2.75) is 19.8 Å². The maximum absolute atomic E-state index is 10.8.